The third-order valence-electron chi connectivity index (χ3n) is 4.94. The van der Waals surface area contributed by atoms with Crippen molar-refractivity contribution in [2.75, 3.05) is 7.11 Å². The molecule has 0 bridgehead atoms. The van der Waals surface area contributed by atoms with E-state index in [0.717, 1.165) is 0 Å². The molecule has 10 nitrogen and oxygen atoms in total. The van der Waals surface area contributed by atoms with Crippen molar-refractivity contribution in [2.24, 2.45) is 0 Å². The summed E-state index contributed by atoms with van der Waals surface area (Å²) in [6.07, 6.45) is 0.425. The Balaban J connectivity index is 1.43. The minimum absolute atomic E-state index is 0.0112. The van der Waals surface area contributed by atoms with Crippen molar-refractivity contribution in [3.05, 3.63) is 94.0 Å². The Hall–Kier alpha value is -5.12. The lowest BCUT2D eigenvalue weighted by Gasteiger charge is -2.08. The molecule has 3 aromatic carbocycles. The van der Waals surface area contributed by atoms with Crippen molar-refractivity contribution in [1.82, 2.24) is 0 Å². The minimum Gasteiger partial charge on any atom is -0.465 e. The lowest BCUT2D eigenvalue weighted by atomic mass is 10.0. The molecular formula is C25H14O10. The Morgan fingerprint density at radius 2 is 1.26 bits per heavy atom. The van der Waals surface area contributed by atoms with Crippen LogP contribution in [0.15, 0.2) is 60.7 Å². The van der Waals surface area contributed by atoms with Crippen LogP contribution in [0.3, 0.4) is 0 Å². The number of hydrogen-bond acceptors (Lipinski definition) is 10. The molecule has 35 heavy (non-hydrogen) atoms. The number of cyclic esters (lactones) is 2. The zero-order valence-corrected chi connectivity index (χ0v) is 17.9. The highest BCUT2D eigenvalue weighted by Gasteiger charge is 2.30. The van der Waals surface area contributed by atoms with E-state index in [-0.39, 0.29) is 44.9 Å². The quantitative estimate of drug-likeness (QED) is 0.227. The first-order valence-electron chi connectivity index (χ1n) is 9.93. The van der Waals surface area contributed by atoms with Gasteiger partial charge in [0.2, 0.25) is 0 Å². The third kappa shape index (κ3) is 4.67. The van der Waals surface area contributed by atoms with E-state index in [1.54, 1.807) is 0 Å². The molecule has 1 heterocycles. The number of carbonyl (C=O) groups excluding carboxylic acids is 6. The van der Waals surface area contributed by atoms with Gasteiger partial charge in [-0.15, -0.1) is 0 Å². The molecule has 1 aliphatic heterocycles. The Bertz CT molecular complexity index is 1400. The van der Waals surface area contributed by atoms with Gasteiger partial charge in [-0.25, -0.2) is 24.0 Å². The molecule has 1 aliphatic rings. The van der Waals surface area contributed by atoms with E-state index >= 15 is 0 Å². The van der Waals surface area contributed by atoms with Gasteiger partial charge in [-0.3, -0.25) is 4.79 Å². The number of fused-ring (bicyclic) bond motifs is 1. The molecule has 0 amide bonds. The topological polar surface area (TPSA) is 139 Å². The summed E-state index contributed by atoms with van der Waals surface area (Å²) < 4.78 is 19.6. The average Bonchev–Trinajstić information content (AvgIpc) is 3.16. The van der Waals surface area contributed by atoms with Crippen LogP contribution in [0.1, 0.15) is 62.1 Å². The van der Waals surface area contributed by atoms with Crippen LogP contribution < -0.4 is 9.47 Å². The minimum atomic E-state index is -0.842. The highest BCUT2D eigenvalue weighted by Crippen LogP contribution is 2.24. The van der Waals surface area contributed by atoms with Gasteiger partial charge >= 0.3 is 29.8 Å². The van der Waals surface area contributed by atoms with Gasteiger partial charge in [0.25, 0.3) is 0 Å². The number of benzene rings is 3. The van der Waals surface area contributed by atoms with Crippen molar-refractivity contribution in [3.63, 3.8) is 0 Å². The Morgan fingerprint density at radius 3 is 1.83 bits per heavy atom. The normalized spacial score (nSPS) is 11.8. The van der Waals surface area contributed by atoms with Crippen LogP contribution >= 0.6 is 0 Å². The van der Waals surface area contributed by atoms with Gasteiger partial charge in [-0.05, 0) is 60.7 Å². The molecule has 0 saturated heterocycles. The third-order valence-corrected chi connectivity index (χ3v) is 4.94. The lowest BCUT2D eigenvalue weighted by Crippen LogP contribution is -2.12. The monoisotopic (exact) mass is 474 g/mol. The zero-order chi connectivity index (χ0) is 25.1. The molecule has 0 spiro atoms. The summed E-state index contributed by atoms with van der Waals surface area (Å²) in [5.74, 6) is -3.66. The molecule has 174 valence electrons. The summed E-state index contributed by atoms with van der Waals surface area (Å²) in [6, 6.07) is 13.2. The largest absolute Gasteiger partial charge is 0.465 e. The molecule has 0 fully saturated rings. The van der Waals surface area contributed by atoms with Crippen LogP contribution in [0.4, 0.5) is 0 Å². The van der Waals surface area contributed by atoms with Gasteiger partial charge in [0.05, 0.1) is 34.9 Å². The summed E-state index contributed by atoms with van der Waals surface area (Å²) in [5.41, 5.74) is 0.0907. The van der Waals surface area contributed by atoms with E-state index in [0.29, 0.717) is 6.29 Å². The predicted octanol–water partition coefficient (Wildman–Crippen LogP) is 3.03. The fraction of sp³-hybridized carbons (Fsp3) is 0.0400. The first kappa shape index (κ1) is 23.1. The van der Waals surface area contributed by atoms with Gasteiger partial charge in [0, 0.05) is 5.56 Å². The van der Waals surface area contributed by atoms with E-state index in [4.69, 9.17) is 9.47 Å². The fourth-order valence-corrected chi connectivity index (χ4v) is 3.20. The summed E-state index contributed by atoms with van der Waals surface area (Å²) in [6.45, 7) is 0. The molecule has 0 aromatic heterocycles. The van der Waals surface area contributed by atoms with Crippen molar-refractivity contribution in [2.45, 2.75) is 0 Å². The number of carbonyl (C=O) groups is 6. The number of hydrogen-bond donors (Lipinski definition) is 0. The lowest BCUT2D eigenvalue weighted by molar-refractivity contribution is 0.0442. The second kappa shape index (κ2) is 9.40. The molecule has 0 saturated carbocycles. The Morgan fingerprint density at radius 1 is 0.714 bits per heavy atom. The maximum absolute atomic E-state index is 12.4. The molecule has 0 aliphatic carbocycles. The predicted molar refractivity (Wildman–Crippen MR) is 116 cm³/mol. The molecule has 0 atom stereocenters. The first-order valence-corrected chi connectivity index (χ1v) is 9.93. The highest BCUT2D eigenvalue weighted by molar-refractivity contribution is 6.15. The second-order valence-electron chi connectivity index (χ2n) is 7.10. The van der Waals surface area contributed by atoms with Crippen LogP contribution in [0.2, 0.25) is 0 Å². The van der Waals surface area contributed by atoms with Crippen LogP contribution in [-0.2, 0) is 9.47 Å². The SMILES string of the molecule is COC(=O)c1ccc(C(=O)Oc2ccc(OC(=O)c3ccc4c(c3)C(=O)OC4=O)cc2)cc1C=O. The van der Waals surface area contributed by atoms with Crippen LogP contribution in [0.5, 0.6) is 11.5 Å². The molecule has 0 N–H and O–H groups in total. The number of aldehydes is 1. The fourth-order valence-electron chi connectivity index (χ4n) is 3.20. The maximum Gasteiger partial charge on any atom is 0.346 e. The van der Waals surface area contributed by atoms with Crippen molar-refractivity contribution in [1.29, 1.82) is 0 Å². The van der Waals surface area contributed by atoms with Gasteiger partial charge in [-0.1, -0.05) is 0 Å². The maximum atomic E-state index is 12.4. The van der Waals surface area contributed by atoms with Gasteiger partial charge < -0.3 is 18.9 Å². The summed E-state index contributed by atoms with van der Waals surface area (Å²) in [7, 11) is 1.17. The number of rotatable bonds is 6. The highest BCUT2D eigenvalue weighted by atomic mass is 16.6. The molecule has 3 aromatic rings. The van der Waals surface area contributed by atoms with Crippen LogP contribution in [0, 0.1) is 0 Å². The molecular weight excluding hydrogens is 460 g/mol. The van der Waals surface area contributed by atoms with E-state index in [1.165, 1.54) is 67.8 Å². The molecule has 4 rings (SSSR count). The molecule has 10 heteroatoms. The summed E-state index contributed by atoms with van der Waals surface area (Å²) in [4.78, 5) is 70.9. The Labute approximate surface area is 197 Å². The Kier molecular flexibility index (Phi) is 6.19. The zero-order valence-electron chi connectivity index (χ0n) is 17.9. The standard InChI is InChI=1S/C25H14O10/c1-32-23(29)18-8-2-13(10-15(18)12-26)21(27)33-16-4-6-17(7-5-16)34-22(28)14-3-9-19-20(11-14)25(31)35-24(19)30/h2-12H,1H3. The van der Waals surface area contributed by atoms with E-state index in [9.17, 15) is 28.8 Å². The summed E-state index contributed by atoms with van der Waals surface area (Å²) in [5, 5.41) is 0. The smallest absolute Gasteiger partial charge is 0.346 e. The van der Waals surface area contributed by atoms with Crippen molar-refractivity contribution in [3.8, 4) is 11.5 Å². The van der Waals surface area contributed by atoms with Crippen LogP contribution in [0.25, 0.3) is 0 Å². The number of methoxy groups -OCH3 is 1. The first-order chi connectivity index (χ1) is 16.8. The van der Waals surface area contributed by atoms with E-state index in [2.05, 4.69) is 9.47 Å². The summed E-state index contributed by atoms with van der Waals surface area (Å²) >= 11 is 0. The van der Waals surface area contributed by atoms with Gasteiger partial charge in [-0.2, -0.15) is 0 Å². The van der Waals surface area contributed by atoms with E-state index < -0.39 is 29.8 Å². The number of ether oxygens (including phenoxy) is 4. The van der Waals surface area contributed by atoms with Crippen LogP contribution in [-0.4, -0.2) is 43.2 Å². The average molecular weight is 474 g/mol. The molecule has 0 radical (unpaired) electrons. The van der Waals surface area contributed by atoms with Gasteiger partial charge in [0.1, 0.15) is 11.5 Å². The second-order valence-corrected chi connectivity index (χ2v) is 7.10. The van der Waals surface area contributed by atoms with Gasteiger partial charge in [0.15, 0.2) is 6.29 Å². The van der Waals surface area contributed by atoms with Crippen molar-refractivity contribution < 1.29 is 47.7 Å². The number of esters is 5. The molecule has 0 unspecified atom stereocenters. The van der Waals surface area contributed by atoms with E-state index in [1.807, 2.05) is 0 Å². The van der Waals surface area contributed by atoms with Crippen molar-refractivity contribution >= 4 is 36.1 Å².